The van der Waals surface area contributed by atoms with Gasteiger partial charge in [0, 0.05) is 8.96 Å². The van der Waals surface area contributed by atoms with Crippen LogP contribution in [0.5, 0.6) is 0 Å². The second-order valence-electron chi connectivity index (χ2n) is 2.66. The third-order valence-electron chi connectivity index (χ3n) is 1.77. The van der Waals surface area contributed by atoms with Gasteiger partial charge in [-0.15, -0.1) is 0 Å². The molecule has 0 saturated carbocycles. The molecule has 4 heteroatoms. The van der Waals surface area contributed by atoms with Gasteiger partial charge in [0.1, 0.15) is 4.60 Å². The molecule has 1 N–H and O–H groups in total. The lowest BCUT2D eigenvalue weighted by molar-refractivity contribution is 1.09. The average molecular weight is 337 g/mol. The SMILES string of the molecule is Cc1cc(I)cc2c(Br)[nH]nc12. The number of benzene rings is 1. The number of nitrogens with one attached hydrogen (secondary N) is 1. The van der Waals surface area contributed by atoms with Gasteiger partial charge in [-0.25, -0.2) is 0 Å². The molecule has 0 atom stereocenters. The maximum atomic E-state index is 4.18. The van der Waals surface area contributed by atoms with Gasteiger partial charge in [-0.3, -0.25) is 5.10 Å². The van der Waals surface area contributed by atoms with E-state index in [1.807, 2.05) is 0 Å². The summed E-state index contributed by atoms with van der Waals surface area (Å²) in [7, 11) is 0. The number of H-pyrrole nitrogens is 1. The van der Waals surface area contributed by atoms with E-state index in [-0.39, 0.29) is 0 Å². The second kappa shape index (κ2) is 2.99. The van der Waals surface area contributed by atoms with Crippen molar-refractivity contribution in [3.05, 3.63) is 25.9 Å². The van der Waals surface area contributed by atoms with E-state index in [0.717, 1.165) is 15.5 Å². The predicted octanol–water partition coefficient (Wildman–Crippen LogP) is 3.24. The predicted molar refractivity (Wildman–Crippen MR) is 61.2 cm³/mol. The molecule has 0 aliphatic carbocycles. The average Bonchev–Trinajstić information content (AvgIpc) is 2.33. The smallest absolute Gasteiger partial charge is 0.108 e. The van der Waals surface area contributed by atoms with Crippen molar-refractivity contribution < 1.29 is 0 Å². The number of aryl methyl sites for hydroxylation is 1. The maximum Gasteiger partial charge on any atom is 0.108 e. The fourth-order valence-corrected chi connectivity index (χ4v) is 2.39. The largest absolute Gasteiger partial charge is 0.270 e. The fourth-order valence-electron chi connectivity index (χ4n) is 1.22. The molecule has 1 aromatic heterocycles. The number of rotatable bonds is 0. The van der Waals surface area contributed by atoms with Gasteiger partial charge in [0.05, 0.1) is 5.52 Å². The Morgan fingerprint density at radius 1 is 1.50 bits per heavy atom. The lowest BCUT2D eigenvalue weighted by Crippen LogP contribution is -1.78. The Kier molecular flexibility index (Phi) is 2.12. The van der Waals surface area contributed by atoms with Crippen LogP contribution in [0.2, 0.25) is 0 Å². The van der Waals surface area contributed by atoms with Crippen LogP contribution in [0.4, 0.5) is 0 Å². The molecular weight excluding hydrogens is 331 g/mol. The molecular formula is C8H6BrIN2. The zero-order valence-electron chi connectivity index (χ0n) is 6.36. The Morgan fingerprint density at radius 2 is 2.25 bits per heavy atom. The summed E-state index contributed by atoms with van der Waals surface area (Å²) in [5.41, 5.74) is 2.25. The summed E-state index contributed by atoms with van der Waals surface area (Å²) in [6, 6.07) is 4.23. The summed E-state index contributed by atoms with van der Waals surface area (Å²) in [5.74, 6) is 0. The topological polar surface area (TPSA) is 28.7 Å². The molecule has 0 radical (unpaired) electrons. The van der Waals surface area contributed by atoms with Crippen LogP contribution in [0.3, 0.4) is 0 Å². The van der Waals surface area contributed by atoms with Crippen molar-refractivity contribution in [2.24, 2.45) is 0 Å². The van der Waals surface area contributed by atoms with Crippen LogP contribution < -0.4 is 0 Å². The third-order valence-corrected chi connectivity index (χ3v) is 2.99. The molecule has 1 aromatic carbocycles. The van der Waals surface area contributed by atoms with Gasteiger partial charge in [0.15, 0.2) is 0 Å². The van der Waals surface area contributed by atoms with Gasteiger partial charge in [0.2, 0.25) is 0 Å². The normalized spacial score (nSPS) is 10.9. The van der Waals surface area contributed by atoms with E-state index in [1.54, 1.807) is 0 Å². The van der Waals surface area contributed by atoms with Gasteiger partial charge >= 0.3 is 0 Å². The molecule has 2 nitrogen and oxygen atoms in total. The highest BCUT2D eigenvalue weighted by Gasteiger charge is 2.05. The number of aromatic nitrogens is 2. The monoisotopic (exact) mass is 336 g/mol. The molecule has 0 unspecified atom stereocenters. The summed E-state index contributed by atoms with van der Waals surface area (Å²) in [5, 5.41) is 8.24. The summed E-state index contributed by atoms with van der Waals surface area (Å²) in [4.78, 5) is 0. The van der Waals surface area contributed by atoms with Crippen molar-refractivity contribution >= 4 is 49.4 Å². The minimum Gasteiger partial charge on any atom is -0.270 e. The molecule has 0 aliphatic rings. The van der Waals surface area contributed by atoms with E-state index < -0.39 is 0 Å². The molecule has 0 fully saturated rings. The van der Waals surface area contributed by atoms with Gasteiger partial charge in [-0.2, -0.15) is 5.10 Å². The Morgan fingerprint density at radius 3 is 3.00 bits per heavy atom. The van der Waals surface area contributed by atoms with Crippen LogP contribution in [-0.4, -0.2) is 10.2 Å². The second-order valence-corrected chi connectivity index (χ2v) is 4.70. The highest BCUT2D eigenvalue weighted by atomic mass is 127. The van der Waals surface area contributed by atoms with Crippen LogP contribution in [-0.2, 0) is 0 Å². The van der Waals surface area contributed by atoms with Gasteiger partial charge in [-0.1, -0.05) is 0 Å². The Labute approximate surface area is 92.0 Å². The summed E-state index contributed by atoms with van der Waals surface area (Å²) < 4.78 is 2.19. The number of halogens is 2. The molecule has 2 aromatic rings. The van der Waals surface area contributed by atoms with Crippen molar-refractivity contribution in [3.8, 4) is 0 Å². The number of fused-ring (bicyclic) bond motifs is 1. The molecule has 0 amide bonds. The van der Waals surface area contributed by atoms with Crippen molar-refractivity contribution in [1.29, 1.82) is 0 Å². The summed E-state index contributed by atoms with van der Waals surface area (Å²) >= 11 is 5.72. The first kappa shape index (κ1) is 8.50. The minimum atomic E-state index is 0.958. The van der Waals surface area contributed by atoms with Crippen LogP contribution in [0.15, 0.2) is 16.7 Å². The van der Waals surface area contributed by atoms with Crippen LogP contribution in [0.25, 0.3) is 10.9 Å². The minimum absolute atomic E-state index is 0.958. The Bertz CT molecular complexity index is 436. The number of hydrogen-bond donors (Lipinski definition) is 1. The van der Waals surface area contributed by atoms with Crippen LogP contribution in [0.1, 0.15) is 5.56 Å². The number of nitrogens with zero attached hydrogens (tertiary/aromatic N) is 1. The summed E-state index contributed by atoms with van der Waals surface area (Å²) in [6.45, 7) is 2.07. The van der Waals surface area contributed by atoms with E-state index in [0.29, 0.717) is 0 Å². The van der Waals surface area contributed by atoms with Crippen LogP contribution >= 0.6 is 38.5 Å². The van der Waals surface area contributed by atoms with E-state index >= 15 is 0 Å². The maximum absolute atomic E-state index is 4.18. The standard InChI is InChI=1S/C8H6BrIN2/c1-4-2-5(10)3-6-7(4)11-12-8(6)9/h2-3H,1H3,(H,11,12). The van der Waals surface area contributed by atoms with Crippen molar-refractivity contribution in [1.82, 2.24) is 10.2 Å². The lowest BCUT2D eigenvalue weighted by atomic mass is 10.2. The number of hydrogen-bond acceptors (Lipinski definition) is 1. The first-order valence-electron chi connectivity index (χ1n) is 3.48. The molecule has 12 heavy (non-hydrogen) atoms. The van der Waals surface area contributed by atoms with E-state index in [4.69, 9.17) is 0 Å². The van der Waals surface area contributed by atoms with Gasteiger partial charge in [-0.05, 0) is 63.1 Å². The molecule has 62 valence electrons. The van der Waals surface area contributed by atoms with Crippen molar-refractivity contribution in [3.63, 3.8) is 0 Å². The molecule has 1 heterocycles. The molecule has 0 aliphatic heterocycles. The highest BCUT2D eigenvalue weighted by molar-refractivity contribution is 14.1. The van der Waals surface area contributed by atoms with E-state index in [9.17, 15) is 0 Å². The zero-order valence-corrected chi connectivity index (χ0v) is 10.1. The van der Waals surface area contributed by atoms with E-state index in [1.165, 1.54) is 9.13 Å². The van der Waals surface area contributed by atoms with Gasteiger partial charge in [0.25, 0.3) is 0 Å². The molecule has 0 bridgehead atoms. The summed E-state index contributed by atoms with van der Waals surface area (Å²) in [6.07, 6.45) is 0. The molecule has 0 saturated heterocycles. The van der Waals surface area contributed by atoms with Crippen molar-refractivity contribution in [2.45, 2.75) is 6.92 Å². The van der Waals surface area contributed by atoms with Crippen LogP contribution in [0, 0.1) is 10.5 Å². The molecule has 0 spiro atoms. The third kappa shape index (κ3) is 1.26. The van der Waals surface area contributed by atoms with Crippen molar-refractivity contribution in [2.75, 3.05) is 0 Å². The number of aromatic amines is 1. The molecule has 2 rings (SSSR count). The fraction of sp³-hybridized carbons (Fsp3) is 0.125. The van der Waals surface area contributed by atoms with E-state index in [2.05, 4.69) is 67.8 Å². The lowest BCUT2D eigenvalue weighted by Gasteiger charge is -1.95. The zero-order chi connectivity index (χ0) is 8.72. The first-order valence-corrected chi connectivity index (χ1v) is 5.35. The Hall–Kier alpha value is -0.100. The highest BCUT2D eigenvalue weighted by Crippen LogP contribution is 2.25. The first-order chi connectivity index (χ1) is 5.68. The van der Waals surface area contributed by atoms with Gasteiger partial charge < -0.3 is 0 Å². The quantitative estimate of drug-likeness (QED) is 0.735. The Balaban J connectivity index is 2.92.